The van der Waals surface area contributed by atoms with Crippen LogP contribution in [0, 0.1) is 34.9 Å². The monoisotopic (exact) mass is 1330 g/mol. The molecule has 2 atom stereocenters. The van der Waals surface area contributed by atoms with E-state index in [1.165, 1.54) is 36.4 Å². The number of fused-ring (bicyclic) bond motifs is 9. The Labute approximate surface area is 578 Å². The minimum absolute atomic E-state index is 0.260. The summed E-state index contributed by atoms with van der Waals surface area (Å²) in [5.74, 6) is -2.61. The van der Waals surface area contributed by atoms with E-state index < -0.39 is 45.7 Å². The number of anilines is 6. The van der Waals surface area contributed by atoms with E-state index in [1.54, 1.807) is 36.4 Å². The third kappa shape index (κ3) is 10.2. The molecule has 101 heavy (non-hydrogen) atoms. The Bertz CT molecular complexity index is 5420. The number of halogens is 6. The molecule has 2 unspecified atom stereocenters. The number of furan rings is 1. The number of benzene rings is 14. The molecule has 0 saturated heterocycles. The SMILES string of the molecule is C=Cc1ccc(Oc2ccc(C3(c4ccc(F)cc4)c4ccccc4-c4ccc(N(c5ccc(F)c(F)c5)c5cccc6c5oc5c(N(c7ccc(F)c(F)c7)c7ccc8c(c7)C(c7ccc(F)cc7)(c7ccc(Oc9ccc(C=C)cc9)cc7)c7ccccc7-8)cccc56)cc43)cc2)cc1. The molecular weight excluding hydrogens is 1270 g/mol. The molecule has 0 spiro atoms. The van der Waals surface area contributed by atoms with E-state index in [0.29, 0.717) is 67.7 Å². The van der Waals surface area contributed by atoms with E-state index in [2.05, 4.69) is 37.4 Å². The molecule has 486 valence electrons. The lowest BCUT2D eigenvalue weighted by atomic mass is 9.67. The zero-order valence-corrected chi connectivity index (χ0v) is 53.8. The average molecular weight is 1330 g/mol. The summed E-state index contributed by atoms with van der Waals surface area (Å²) < 4.78 is 114. The second-order valence-corrected chi connectivity index (χ2v) is 25.1. The van der Waals surface area contributed by atoms with Gasteiger partial charge in [-0.05, 0) is 211 Å². The van der Waals surface area contributed by atoms with Crippen LogP contribution in [0.25, 0.3) is 56.3 Å². The molecule has 0 fully saturated rings. The molecule has 0 amide bonds. The maximum atomic E-state index is 16.1. The van der Waals surface area contributed by atoms with Crippen molar-refractivity contribution in [3.8, 4) is 45.3 Å². The van der Waals surface area contributed by atoms with Crippen LogP contribution < -0.4 is 19.3 Å². The number of hydrogen-bond donors (Lipinski definition) is 0. The fourth-order valence-electron chi connectivity index (χ4n) is 15.2. The molecule has 11 heteroatoms. The Hall–Kier alpha value is -12.9. The van der Waals surface area contributed by atoms with Crippen molar-refractivity contribution in [1.29, 1.82) is 0 Å². The van der Waals surface area contributed by atoms with Crippen LogP contribution in [0.15, 0.2) is 321 Å². The van der Waals surface area contributed by atoms with E-state index in [4.69, 9.17) is 13.9 Å². The third-order valence-electron chi connectivity index (χ3n) is 19.7. The highest BCUT2D eigenvalue weighted by Crippen LogP contribution is 2.60. The summed E-state index contributed by atoms with van der Waals surface area (Å²) in [4.78, 5) is 3.67. The van der Waals surface area contributed by atoms with Gasteiger partial charge < -0.3 is 23.7 Å². The zero-order valence-electron chi connectivity index (χ0n) is 53.8. The molecule has 1 heterocycles. The van der Waals surface area contributed by atoms with Crippen LogP contribution in [0.1, 0.15) is 55.6 Å². The van der Waals surface area contributed by atoms with E-state index in [0.717, 1.165) is 102 Å². The minimum atomic E-state index is -1.08. The maximum absolute atomic E-state index is 16.1. The van der Waals surface area contributed by atoms with Gasteiger partial charge in [-0.2, -0.15) is 0 Å². The molecule has 2 aliphatic rings. The summed E-state index contributed by atoms with van der Waals surface area (Å²) in [6, 6.07) is 91.0. The predicted molar refractivity (Wildman–Crippen MR) is 391 cm³/mol. The zero-order chi connectivity index (χ0) is 68.7. The summed E-state index contributed by atoms with van der Waals surface area (Å²) in [6.45, 7) is 7.75. The van der Waals surface area contributed by atoms with E-state index in [9.17, 15) is 0 Å². The summed E-state index contributed by atoms with van der Waals surface area (Å²) in [5, 5.41) is 1.29. The molecule has 17 rings (SSSR count). The van der Waals surface area contributed by atoms with Crippen LogP contribution >= 0.6 is 0 Å². The van der Waals surface area contributed by atoms with Crippen LogP contribution in [0.4, 0.5) is 60.5 Å². The van der Waals surface area contributed by atoms with Crippen molar-refractivity contribution in [3.05, 3.63) is 407 Å². The summed E-state index contributed by atoms with van der Waals surface area (Å²) in [7, 11) is 0. The van der Waals surface area contributed by atoms with Crippen LogP contribution in [-0.2, 0) is 10.8 Å². The smallest absolute Gasteiger partial charge is 0.160 e. The molecule has 0 saturated carbocycles. The lowest BCUT2D eigenvalue weighted by Gasteiger charge is -2.35. The normalized spacial score (nSPS) is 14.8. The topological polar surface area (TPSA) is 38.1 Å². The lowest BCUT2D eigenvalue weighted by molar-refractivity contribution is 0.482. The van der Waals surface area contributed by atoms with Crippen LogP contribution in [0.5, 0.6) is 23.0 Å². The Balaban J connectivity index is 0.846. The van der Waals surface area contributed by atoms with E-state index >= 15 is 26.3 Å². The Morgan fingerprint density at radius 3 is 0.990 bits per heavy atom. The fourth-order valence-corrected chi connectivity index (χ4v) is 15.2. The van der Waals surface area contributed by atoms with Crippen LogP contribution in [-0.4, -0.2) is 0 Å². The summed E-state index contributed by atoms with van der Waals surface area (Å²) in [6.07, 6.45) is 3.53. The molecule has 5 nitrogen and oxygen atoms in total. The van der Waals surface area contributed by atoms with Crippen LogP contribution in [0.2, 0.25) is 0 Å². The molecular formula is C90H56F6N2O3. The lowest BCUT2D eigenvalue weighted by Crippen LogP contribution is -2.29. The summed E-state index contributed by atoms with van der Waals surface area (Å²) >= 11 is 0. The molecule has 15 aromatic rings. The number of hydrogen-bond acceptors (Lipinski definition) is 5. The molecule has 2 aliphatic carbocycles. The first-order valence-corrected chi connectivity index (χ1v) is 32.9. The first kappa shape index (κ1) is 61.7. The van der Waals surface area contributed by atoms with Crippen molar-refractivity contribution in [2.45, 2.75) is 10.8 Å². The van der Waals surface area contributed by atoms with Gasteiger partial charge in [-0.1, -0.05) is 183 Å². The quantitative estimate of drug-likeness (QED) is 0.0902. The third-order valence-corrected chi connectivity index (χ3v) is 19.7. The average Bonchev–Trinajstić information content (AvgIpc) is 1.55. The van der Waals surface area contributed by atoms with Crippen molar-refractivity contribution in [3.63, 3.8) is 0 Å². The minimum Gasteiger partial charge on any atom is -0.457 e. The highest BCUT2D eigenvalue weighted by atomic mass is 19.2. The maximum Gasteiger partial charge on any atom is 0.160 e. The Morgan fingerprint density at radius 2 is 0.624 bits per heavy atom. The molecule has 1 aromatic heterocycles. The molecule has 0 bridgehead atoms. The standard InChI is InChI=1S/C90H56F6N2O3/c1-3-55-19-39-67(40-20-55)99-69-43-27-59(28-44-69)89(57-23-31-61(91)32-24-57)77-15-7-5-11-71(77)73-47-35-63(51-79(73)89)97(65-37-49-81(93)83(95)53-65)85-17-9-13-75-76-14-10-18-86(88(76)101-87(75)85)98(66-38-50-82(94)84(96)54-66)64-36-48-74-72-12-6-8-16-78(72)90(80(74)52-64,58-25-33-62(92)34-26-58)60-29-45-70(46-30-60)100-68-41-21-56(4-2)22-42-68/h3-54H,1-2H2. The van der Waals surface area contributed by atoms with Crippen molar-refractivity contribution in [2.24, 2.45) is 0 Å². The predicted octanol–water partition coefficient (Wildman–Crippen LogP) is 25.0. The highest BCUT2D eigenvalue weighted by molar-refractivity contribution is 6.14. The van der Waals surface area contributed by atoms with Crippen LogP contribution in [0.3, 0.4) is 0 Å². The molecule has 0 aliphatic heterocycles. The van der Waals surface area contributed by atoms with Gasteiger partial charge in [-0.3, -0.25) is 0 Å². The van der Waals surface area contributed by atoms with E-state index in [-0.39, 0.29) is 11.4 Å². The van der Waals surface area contributed by atoms with Gasteiger partial charge in [0.1, 0.15) is 34.6 Å². The van der Waals surface area contributed by atoms with Gasteiger partial charge in [0.15, 0.2) is 34.4 Å². The van der Waals surface area contributed by atoms with Crippen molar-refractivity contribution < 1.29 is 40.2 Å². The summed E-state index contributed by atoms with van der Waals surface area (Å²) in [5.41, 5.74) is 13.4. The first-order valence-electron chi connectivity index (χ1n) is 32.9. The van der Waals surface area contributed by atoms with Gasteiger partial charge in [0.2, 0.25) is 0 Å². The first-order chi connectivity index (χ1) is 49.4. The Kier molecular flexibility index (Phi) is 15.0. The van der Waals surface area contributed by atoms with Gasteiger partial charge in [0, 0.05) is 45.7 Å². The van der Waals surface area contributed by atoms with E-state index in [1.807, 2.05) is 204 Å². The van der Waals surface area contributed by atoms with Gasteiger partial charge in [-0.25, -0.2) is 26.3 Å². The van der Waals surface area contributed by atoms with Gasteiger partial charge in [0.05, 0.1) is 22.2 Å². The second kappa shape index (κ2) is 24.6. The molecule has 0 N–H and O–H groups in total. The largest absolute Gasteiger partial charge is 0.457 e. The number of para-hydroxylation sites is 2. The Morgan fingerprint density at radius 1 is 0.297 bits per heavy atom. The van der Waals surface area contributed by atoms with Gasteiger partial charge in [-0.15, -0.1) is 0 Å². The number of rotatable bonds is 16. The molecule has 14 aromatic carbocycles. The number of ether oxygens (including phenoxy) is 2. The molecule has 0 radical (unpaired) electrons. The van der Waals surface area contributed by atoms with Gasteiger partial charge >= 0.3 is 0 Å². The van der Waals surface area contributed by atoms with Crippen molar-refractivity contribution in [1.82, 2.24) is 0 Å². The number of nitrogens with zero attached hydrogens (tertiary/aromatic N) is 2. The fraction of sp³-hybridized carbons (Fsp3) is 0.0222. The highest BCUT2D eigenvalue weighted by Gasteiger charge is 2.48. The van der Waals surface area contributed by atoms with Gasteiger partial charge in [0.25, 0.3) is 0 Å². The van der Waals surface area contributed by atoms with Crippen molar-refractivity contribution in [2.75, 3.05) is 9.80 Å². The van der Waals surface area contributed by atoms with Crippen molar-refractivity contribution >= 4 is 68.2 Å². The second-order valence-electron chi connectivity index (χ2n) is 25.1.